The zero-order valence-corrected chi connectivity index (χ0v) is 12.2. The predicted octanol–water partition coefficient (Wildman–Crippen LogP) is 3.65. The molecule has 21 heavy (non-hydrogen) atoms. The van der Waals surface area contributed by atoms with Crippen molar-refractivity contribution in [1.82, 2.24) is 0 Å². The fourth-order valence-corrected chi connectivity index (χ4v) is 4.41. The minimum absolute atomic E-state index is 0.0559. The lowest BCUT2D eigenvalue weighted by molar-refractivity contribution is -0.108. The van der Waals surface area contributed by atoms with E-state index in [0.29, 0.717) is 6.54 Å². The second-order valence-electron chi connectivity index (χ2n) is 5.12. The summed E-state index contributed by atoms with van der Waals surface area (Å²) in [5.41, 5.74) is 2.58. The molecule has 1 atom stereocenters. The molecule has 0 aromatic heterocycles. The van der Waals surface area contributed by atoms with Gasteiger partial charge in [-0.2, -0.15) is 0 Å². The molecule has 0 saturated carbocycles. The molecule has 2 aromatic carbocycles. The average molecular weight is 303 g/mol. The van der Waals surface area contributed by atoms with Crippen molar-refractivity contribution in [3.05, 3.63) is 65.7 Å². The Labute approximate surface area is 125 Å². The molecule has 2 aromatic rings. The molecular formula is C16H17NO3S. The number of fused-ring (bicyclic) bond motifs is 1. The van der Waals surface area contributed by atoms with Crippen LogP contribution in [0.25, 0.3) is 0 Å². The third-order valence-electron chi connectivity index (χ3n) is 3.69. The van der Waals surface area contributed by atoms with Crippen LogP contribution in [0.3, 0.4) is 0 Å². The minimum atomic E-state index is -2.99. The van der Waals surface area contributed by atoms with E-state index in [2.05, 4.69) is 0 Å². The maximum Gasteiger partial charge on any atom is 0.129 e. The zero-order chi connectivity index (χ0) is 14.9. The molecule has 2 N–H and O–H groups in total. The van der Waals surface area contributed by atoms with Crippen LogP contribution in [0, 0.1) is 0 Å². The molecule has 3 rings (SSSR count). The van der Waals surface area contributed by atoms with E-state index in [1.165, 1.54) is 0 Å². The number of carbonyl (C=O) groups excluding carboxylic acids is 1. The Morgan fingerprint density at radius 3 is 2.48 bits per heavy atom. The fraction of sp³-hybridized carbons (Fsp3) is 0.188. The lowest BCUT2D eigenvalue weighted by atomic mass is 10.00. The Hall–Kier alpha value is -1.82. The van der Waals surface area contributed by atoms with Crippen LogP contribution in [-0.4, -0.2) is 21.1 Å². The number of carbonyl (C=O) groups is 1. The summed E-state index contributed by atoms with van der Waals surface area (Å²) in [4.78, 5) is 11.2. The van der Waals surface area contributed by atoms with Crippen LogP contribution >= 0.6 is 10.8 Å². The number of hydrogen-bond acceptors (Lipinski definition) is 4. The van der Waals surface area contributed by atoms with Gasteiger partial charge in [0, 0.05) is 0 Å². The highest BCUT2D eigenvalue weighted by Crippen LogP contribution is 2.55. The molecule has 0 fully saturated rings. The van der Waals surface area contributed by atoms with Crippen molar-refractivity contribution in [3.8, 4) is 0 Å². The molecular weight excluding hydrogens is 286 g/mol. The second-order valence-corrected chi connectivity index (χ2v) is 7.16. The number of benzene rings is 2. The van der Waals surface area contributed by atoms with Crippen LogP contribution in [-0.2, 0) is 11.3 Å². The molecule has 0 spiro atoms. The van der Waals surface area contributed by atoms with Gasteiger partial charge in [0.1, 0.15) is 6.29 Å². The molecule has 0 aliphatic carbocycles. The molecule has 1 heterocycles. The number of nitrogens with zero attached hydrogens (tertiary/aromatic N) is 1. The molecule has 0 bridgehead atoms. The van der Waals surface area contributed by atoms with Crippen LogP contribution in [0.4, 0.5) is 5.69 Å². The largest absolute Gasteiger partial charge is 0.303 e. The SMILES string of the molecule is O=CC1CS(O)(O)N(Cc2ccccc2)c2ccccc21. The molecule has 1 aliphatic rings. The summed E-state index contributed by atoms with van der Waals surface area (Å²) < 4.78 is 22.5. The third kappa shape index (κ3) is 2.68. The lowest BCUT2D eigenvalue weighted by Gasteiger charge is -2.49. The van der Waals surface area contributed by atoms with E-state index >= 15 is 0 Å². The van der Waals surface area contributed by atoms with Crippen molar-refractivity contribution >= 4 is 22.7 Å². The van der Waals surface area contributed by atoms with E-state index in [4.69, 9.17) is 0 Å². The van der Waals surface area contributed by atoms with E-state index in [-0.39, 0.29) is 5.75 Å². The molecule has 1 unspecified atom stereocenters. The summed E-state index contributed by atoms with van der Waals surface area (Å²) in [6, 6.07) is 17.1. The number of rotatable bonds is 3. The van der Waals surface area contributed by atoms with E-state index in [1.54, 1.807) is 4.31 Å². The third-order valence-corrected chi connectivity index (χ3v) is 5.53. The zero-order valence-electron chi connectivity index (χ0n) is 11.4. The summed E-state index contributed by atoms with van der Waals surface area (Å²) in [7, 11) is -2.99. The summed E-state index contributed by atoms with van der Waals surface area (Å²) >= 11 is 0. The first-order valence-corrected chi connectivity index (χ1v) is 8.41. The topological polar surface area (TPSA) is 60.8 Å². The van der Waals surface area contributed by atoms with E-state index in [0.717, 1.165) is 23.1 Å². The lowest BCUT2D eigenvalue weighted by Crippen LogP contribution is -2.36. The van der Waals surface area contributed by atoms with Gasteiger partial charge in [-0.05, 0) is 17.2 Å². The summed E-state index contributed by atoms with van der Waals surface area (Å²) in [5.74, 6) is -0.404. The Balaban J connectivity index is 2.03. The first-order valence-electron chi connectivity index (χ1n) is 6.73. The number of para-hydroxylation sites is 1. The van der Waals surface area contributed by atoms with E-state index in [9.17, 15) is 13.9 Å². The number of hydrogen-bond donors (Lipinski definition) is 2. The van der Waals surface area contributed by atoms with Gasteiger partial charge in [0.05, 0.1) is 23.9 Å². The highest BCUT2D eigenvalue weighted by atomic mass is 32.3. The molecule has 0 amide bonds. The van der Waals surface area contributed by atoms with Crippen molar-refractivity contribution in [2.24, 2.45) is 0 Å². The number of aldehydes is 1. The highest BCUT2D eigenvalue weighted by molar-refractivity contribution is 8.25. The fourth-order valence-electron chi connectivity index (χ4n) is 2.66. The normalized spacial score (nSPS) is 21.4. The van der Waals surface area contributed by atoms with Crippen LogP contribution in [0.15, 0.2) is 54.6 Å². The van der Waals surface area contributed by atoms with Gasteiger partial charge in [-0.25, -0.2) is 0 Å². The molecule has 110 valence electrons. The summed E-state index contributed by atoms with van der Waals surface area (Å²) in [6.07, 6.45) is 0.798. The van der Waals surface area contributed by atoms with Gasteiger partial charge in [-0.3, -0.25) is 13.4 Å². The number of anilines is 1. The van der Waals surface area contributed by atoms with Crippen molar-refractivity contribution in [1.29, 1.82) is 0 Å². The summed E-state index contributed by atoms with van der Waals surface area (Å²) in [6.45, 7) is 0.408. The Bertz CT molecular complexity index is 645. The second kappa shape index (κ2) is 5.52. The van der Waals surface area contributed by atoms with Gasteiger partial charge in [0.25, 0.3) is 0 Å². The van der Waals surface area contributed by atoms with Gasteiger partial charge >= 0.3 is 0 Å². The molecule has 0 radical (unpaired) electrons. The van der Waals surface area contributed by atoms with Crippen molar-refractivity contribution in [3.63, 3.8) is 0 Å². The van der Waals surface area contributed by atoms with Crippen LogP contribution < -0.4 is 4.31 Å². The smallest absolute Gasteiger partial charge is 0.129 e. The van der Waals surface area contributed by atoms with Crippen LogP contribution in [0.1, 0.15) is 17.0 Å². The van der Waals surface area contributed by atoms with Crippen molar-refractivity contribution in [2.45, 2.75) is 12.5 Å². The van der Waals surface area contributed by atoms with Crippen LogP contribution in [0.5, 0.6) is 0 Å². The maximum atomic E-state index is 11.2. The van der Waals surface area contributed by atoms with E-state index in [1.807, 2.05) is 54.6 Å². The van der Waals surface area contributed by atoms with Crippen molar-refractivity contribution < 1.29 is 13.9 Å². The molecule has 1 aliphatic heterocycles. The average Bonchev–Trinajstić information content (AvgIpc) is 2.51. The minimum Gasteiger partial charge on any atom is -0.303 e. The molecule has 0 saturated heterocycles. The van der Waals surface area contributed by atoms with Crippen LogP contribution in [0.2, 0.25) is 0 Å². The highest BCUT2D eigenvalue weighted by Gasteiger charge is 2.35. The first kappa shape index (κ1) is 14.1. The quantitative estimate of drug-likeness (QED) is 0.850. The van der Waals surface area contributed by atoms with E-state index < -0.39 is 16.7 Å². The van der Waals surface area contributed by atoms with Gasteiger partial charge in [0.2, 0.25) is 0 Å². The standard InChI is InChI=1S/C16H17NO3S/c18-11-14-12-21(19,20)17(10-13-6-2-1-3-7-13)16-9-5-4-8-15(14)16/h1-9,11,14,19-20H,10,12H2. The van der Waals surface area contributed by atoms with Crippen molar-refractivity contribution in [2.75, 3.05) is 10.1 Å². The monoisotopic (exact) mass is 303 g/mol. The first-order chi connectivity index (χ1) is 10.1. The van der Waals surface area contributed by atoms with Gasteiger partial charge in [-0.1, -0.05) is 48.5 Å². The summed E-state index contributed by atoms with van der Waals surface area (Å²) in [5, 5.41) is 0. The van der Waals surface area contributed by atoms with Gasteiger partial charge in [0.15, 0.2) is 0 Å². The Kier molecular flexibility index (Phi) is 3.71. The van der Waals surface area contributed by atoms with Gasteiger partial charge < -0.3 is 4.79 Å². The Morgan fingerprint density at radius 2 is 1.76 bits per heavy atom. The maximum absolute atomic E-state index is 11.2. The molecule has 4 nitrogen and oxygen atoms in total. The molecule has 5 heteroatoms. The van der Waals surface area contributed by atoms with Gasteiger partial charge in [-0.15, -0.1) is 10.8 Å². The Morgan fingerprint density at radius 1 is 1.10 bits per heavy atom. The predicted molar refractivity (Wildman–Crippen MR) is 85.6 cm³/mol.